The standard InChI is InChI=1S/C81H158O17P2/c1-7-9-11-13-15-17-19-21-22-27-35-41-47-53-59-65-80(85)97-76(69-91-78(83)63-57-51-45-39-33-25-20-18-16-14-12-10-8-2)71-95-99(87,88)93-67-75(82)68-94-100(89,90)96-72-77(70-92-79(84)64-58-52-46-40-34-30-29-32-38-44-50-56-62-74(5)6)98-81(86)66-60-54-48-42-36-28-24-23-26-31-37-43-49-55-61-73(3)4/h73-77,82H,7-72H2,1-6H3,(H,87,88)(H,89,90)/t75-,76+,77+/m0/s1. The summed E-state index contributed by atoms with van der Waals surface area (Å²) in [6.07, 6.45) is 62.2. The molecule has 0 spiro atoms. The molecule has 0 rings (SSSR count). The van der Waals surface area contributed by atoms with Crippen LogP contribution in [0.2, 0.25) is 0 Å². The van der Waals surface area contributed by atoms with E-state index in [4.69, 9.17) is 37.0 Å². The number of phosphoric ester groups is 2. The molecule has 0 saturated heterocycles. The fraction of sp³-hybridized carbons (Fsp3) is 0.951. The minimum Gasteiger partial charge on any atom is -0.462 e. The second-order valence-electron chi connectivity index (χ2n) is 30.1. The Morgan fingerprint density at radius 1 is 0.270 bits per heavy atom. The van der Waals surface area contributed by atoms with E-state index in [2.05, 4.69) is 41.5 Å². The first-order valence-electron chi connectivity index (χ1n) is 42.0. The smallest absolute Gasteiger partial charge is 0.462 e. The molecular formula is C81H158O17P2. The van der Waals surface area contributed by atoms with Crippen LogP contribution in [0.1, 0.15) is 427 Å². The molecule has 0 aliphatic rings. The van der Waals surface area contributed by atoms with Gasteiger partial charge in [-0.15, -0.1) is 0 Å². The summed E-state index contributed by atoms with van der Waals surface area (Å²) < 4.78 is 68.8. The fourth-order valence-electron chi connectivity index (χ4n) is 12.5. The highest BCUT2D eigenvalue weighted by atomic mass is 31.2. The average Bonchev–Trinajstić information content (AvgIpc) is 0.974. The molecule has 0 radical (unpaired) electrons. The van der Waals surface area contributed by atoms with Crippen LogP contribution in [-0.2, 0) is 65.4 Å². The first kappa shape index (κ1) is 98.1. The Hall–Kier alpha value is -1.94. The monoisotopic (exact) mass is 1470 g/mol. The molecular weight excluding hydrogens is 1310 g/mol. The summed E-state index contributed by atoms with van der Waals surface area (Å²) in [5.74, 6) is -0.528. The average molecular weight is 1470 g/mol. The summed E-state index contributed by atoms with van der Waals surface area (Å²) in [6.45, 7) is 9.68. The summed E-state index contributed by atoms with van der Waals surface area (Å²) in [5.41, 5.74) is 0. The Morgan fingerprint density at radius 2 is 0.460 bits per heavy atom. The molecule has 0 heterocycles. The number of carbonyl (C=O) groups excluding carboxylic acids is 4. The molecule has 100 heavy (non-hydrogen) atoms. The maximum Gasteiger partial charge on any atom is 0.472 e. The van der Waals surface area contributed by atoms with E-state index >= 15 is 0 Å². The molecule has 0 fully saturated rings. The van der Waals surface area contributed by atoms with Gasteiger partial charge in [-0.2, -0.15) is 0 Å². The van der Waals surface area contributed by atoms with Crippen molar-refractivity contribution in [3.8, 4) is 0 Å². The molecule has 17 nitrogen and oxygen atoms in total. The fourth-order valence-corrected chi connectivity index (χ4v) is 14.1. The van der Waals surface area contributed by atoms with Gasteiger partial charge >= 0.3 is 39.5 Å². The van der Waals surface area contributed by atoms with Gasteiger partial charge < -0.3 is 33.8 Å². The quantitative estimate of drug-likeness (QED) is 0.0222. The van der Waals surface area contributed by atoms with Crippen LogP contribution in [-0.4, -0.2) is 96.7 Å². The zero-order valence-electron chi connectivity index (χ0n) is 65.5. The lowest BCUT2D eigenvalue weighted by molar-refractivity contribution is -0.161. The molecule has 0 aromatic rings. The lowest BCUT2D eigenvalue weighted by Gasteiger charge is -2.21. The normalized spacial score (nSPS) is 13.9. The second kappa shape index (κ2) is 72.6. The van der Waals surface area contributed by atoms with Crippen molar-refractivity contribution in [3.63, 3.8) is 0 Å². The minimum atomic E-state index is -4.96. The number of esters is 4. The van der Waals surface area contributed by atoms with Crippen LogP contribution in [0, 0.1) is 11.8 Å². The molecule has 3 N–H and O–H groups in total. The van der Waals surface area contributed by atoms with Crippen molar-refractivity contribution in [1.82, 2.24) is 0 Å². The highest BCUT2D eigenvalue weighted by molar-refractivity contribution is 7.47. The predicted molar refractivity (Wildman–Crippen MR) is 409 cm³/mol. The van der Waals surface area contributed by atoms with Crippen LogP contribution in [0.25, 0.3) is 0 Å². The molecule has 594 valence electrons. The van der Waals surface area contributed by atoms with Crippen molar-refractivity contribution >= 4 is 39.5 Å². The first-order chi connectivity index (χ1) is 48.4. The zero-order valence-corrected chi connectivity index (χ0v) is 67.3. The summed E-state index contributed by atoms with van der Waals surface area (Å²) in [6, 6.07) is 0. The topological polar surface area (TPSA) is 237 Å². The van der Waals surface area contributed by atoms with Gasteiger partial charge in [-0.25, -0.2) is 9.13 Å². The Morgan fingerprint density at radius 3 is 0.680 bits per heavy atom. The van der Waals surface area contributed by atoms with Crippen molar-refractivity contribution in [1.29, 1.82) is 0 Å². The second-order valence-corrected chi connectivity index (χ2v) is 33.0. The Labute approximate surface area is 613 Å². The number of aliphatic hydroxyl groups is 1. The Balaban J connectivity index is 5.27. The number of carbonyl (C=O) groups is 4. The van der Waals surface area contributed by atoms with E-state index in [0.29, 0.717) is 25.7 Å². The molecule has 0 aromatic heterocycles. The van der Waals surface area contributed by atoms with Gasteiger partial charge in [0.1, 0.15) is 19.3 Å². The van der Waals surface area contributed by atoms with Crippen LogP contribution in [0.15, 0.2) is 0 Å². The van der Waals surface area contributed by atoms with E-state index in [0.717, 1.165) is 102 Å². The molecule has 0 aromatic carbocycles. The van der Waals surface area contributed by atoms with Crippen molar-refractivity contribution < 1.29 is 80.2 Å². The van der Waals surface area contributed by atoms with Gasteiger partial charge in [0.05, 0.1) is 26.4 Å². The van der Waals surface area contributed by atoms with Gasteiger partial charge in [0.25, 0.3) is 0 Å². The van der Waals surface area contributed by atoms with E-state index in [1.807, 2.05) is 0 Å². The van der Waals surface area contributed by atoms with Crippen molar-refractivity contribution in [2.75, 3.05) is 39.6 Å². The Bertz CT molecular complexity index is 1920. The lowest BCUT2D eigenvalue weighted by Crippen LogP contribution is -2.30. The van der Waals surface area contributed by atoms with E-state index < -0.39 is 97.5 Å². The van der Waals surface area contributed by atoms with Crippen molar-refractivity contribution in [2.24, 2.45) is 11.8 Å². The van der Waals surface area contributed by atoms with Crippen LogP contribution >= 0.6 is 15.6 Å². The molecule has 19 heteroatoms. The maximum atomic E-state index is 13.1. The summed E-state index contributed by atoms with van der Waals surface area (Å²) in [4.78, 5) is 73.1. The predicted octanol–water partition coefficient (Wildman–Crippen LogP) is 24.3. The van der Waals surface area contributed by atoms with E-state index in [9.17, 15) is 43.2 Å². The van der Waals surface area contributed by atoms with Crippen LogP contribution in [0.5, 0.6) is 0 Å². The Kier molecular flexibility index (Phi) is 71.2. The number of rotatable bonds is 80. The van der Waals surface area contributed by atoms with Gasteiger partial charge in [-0.1, -0.05) is 375 Å². The summed E-state index contributed by atoms with van der Waals surface area (Å²) in [7, 11) is -9.92. The third-order valence-electron chi connectivity index (χ3n) is 19.0. The van der Waals surface area contributed by atoms with E-state index in [-0.39, 0.29) is 25.7 Å². The molecule has 0 saturated carbocycles. The van der Waals surface area contributed by atoms with Gasteiger partial charge in [-0.05, 0) is 37.5 Å². The molecule has 0 aliphatic carbocycles. The number of hydrogen-bond donors (Lipinski definition) is 3. The molecule has 2 unspecified atom stereocenters. The third-order valence-corrected chi connectivity index (χ3v) is 20.9. The highest BCUT2D eigenvalue weighted by Crippen LogP contribution is 2.45. The first-order valence-corrected chi connectivity index (χ1v) is 45.0. The highest BCUT2D eigenvalue weighted by Gasteiger charge is 2.30. The van der Waals surface area contributed by atoms with Crippen molar-refractivity contribution in [2.45, 2.75) is 445 Å². The number of hydrogen-bond acceptors (Lipinski definition) is 15. The van der Waals surface area contributed by atoms with Crippen molar-refractivity contribution in [3.05, 3.63) is 0 Å². The molecule has 5 atom stereocenters. The molecule has 0 amide bonds. The van der Waals surface area contributed by atoms with E-state index in [1.54, 1.807) is 0 Å². The number of aliphatic hydroxyl groups excluding tert-OH is 1. The number of ether oxygens (including phenoxy) is 4. The van der Waals surface area contributed by atoms with Crippen LogP contribution < -0.4 is 0 Å². The van der Waals surface area contributed by atoms with E-state index in [1.165, 1.54) is 244 Å². The number of unbranched alkanes of at least 4 members (excludes halogenated alkanes) is 50. The zero-order chi connectivity index (χ0) is 73.5. The SMILES string of the molecule is CCCCCCCCCCCCCCCCCC(=O)O[C@H](COC(=O)CCCCCCCCCCCCCCC)COP(=O)(O)OC[C@H](O)COP(=O)(O)OC[C@@H](COC(=O)CCCCCCCCCCCCCCC(C)C)OC(=O)CCCCCCCCCCCCCCCCC(C)C. The van der Waals surface area contributed by atoms with Crippen LogP contribution in [0.3, 0.4) is 0 Å². The molecule has 0 aliphatic heterocycles. The largest absolute Gasteiger partial charge is 0.472 e. The number of phosphoric acid groups is 2. The minimum absolute atomic E-state index is 0.108. The van der Waals surface area contributed by atoms with Gasteiger partial charge in [0.15, 0.2) is 12.2 Å². The van der Waals surface area contributed by atoms with Crippen LogP contribution in [0.4, 0.5) is 0 Å². The van der Waals surface area contributed by atoms with Gasteiger partial charge in [-0.3, -0.25) is 37.3 Å². The van der Waals surface area contributed by atoms with Gasteiger partial charge in [0, 0.05) is 25.7 Å². The summed E-state index contributed by atoms with van der Waals surface area (Å²) in [5, 5.41) is 10.7. The maximum absolute atomic E-state index is 13.1. The summed E-state index contributed by atoms with van der Waals surface area (Å²) >= 11 is 0. The van der Waals surface area contributed by atoms with Gasteiger partial charge in [0.2, 0.25) is 0 Å². The lowest BCUT2D eigenvalue weighted by atomic mass is 10.0. The third kappa shape index (κ3) is 74.3. The molecule has 0 bridgehead atoms.